The zero-order valence-corrected chi connectivity index (χ0v) is 57.6. The number of ether oxygens (including phenoxy) is 1. The Morgan fingerprint density at radius 1 is 0.329 bits per heavy atom. The molecule has 0 bridgehead atoms. The second-order valence-electron chi connectivity index (χ2n) is 26.7. The van der Waals surface area contributed by atoms with Crippen LogP contribution in [0.1, 0.15) is 431 Å². The number of carbonyl (C=O) groups is 2. The number of esters is 1. The number of unbranched alkanes of at least 4 members (excludes halogenated alkanes) is 56. The highest BCUT2D eigenvalue weighted by molar-refractivity contribution is 5.76. The first kappa shape index (κ1) is 83.1. The Morgan fingerprint density at radius 3 is 0.929 bits per heavy atom. The Labute approximate surface area is 532 Å². The van der Waals surface area contributed by atoms with E-state index in [0.717, 1.165) is 51.4 Å². The fraction of sp³-hybridized carbons (Fsp3) is 0.899. The van der Waals surface area contributed by atoms with Crippen LogP contribution in [-0.2, 0) is 14.3 Å². The summed E-state index contributed by atoms with van der Waals surface area (Å²) in [5, 5.41) is 23.3. The average molecular weight is 1200 g/mol. The van der Waals surface area contributed by atoms with Gasteiger partial charge in [-0.1, -0.05) is 371 Å². The number of hydrogen-bond donors (Lipinski definition) is 3. The molecule has 0 radical (unpaired) electrons. The maximum Gasteiger partial charge on any atom is 0.305 e. The topological polar surface area (TPSA) is 95.9 Å². The number of hydrogen-bond acceptors (Lipinski definition) is 5. The Morgan fingerprint density at radius 2 is 0.588 bits per heavy atom. The van der Waals surface area contributed by atoms with Crippen molar-refractivity contribution in [3.8, 4) is 0 Å². The molecule has 3 N–H and O–H groups in total. The molecule has 0 saturated heterocycles. The molecule has 0 aliphatic carbocycles. The lowest BCUT2D eigenvalue weighted by Crippen LogP contribution is -2.45. The van der Waals surface area contributed by atoms with Gasteiger partial charge in [0, 0.05) is 12.8 Å². The van der Waals surface area contributed by atoms with Crippen LogP contribution in [0, 0.1) is 0 Å². The molecule has 1 amide bonds. The van der Waals surface area contributed by atoms with E-state index in [9.17, 15) is 19.8 Å². The fourth-order valence-electron chi connectivity index (χ4n) is 12.3. The van der Waals surface area contributed by atoms with Crippen LogP contribution in [0.3, 0.4) is 0 Å². The van der Waals surface area contributed by atoms with Crippen molar-refractivity contribution in [3.63, 3.8) is 0 Å². The Hall–Kier alpha value is -1.92. The molecule has 2 atom stereocenters. The van der Waals surface area contributed by atoms with E-state index in [1.54, 1.807) is 0 Å². The summed E-state index contributed by atoms with van der Waals surface area (Å²) in [5.41, 5.74) is 0. The van der Waals surface area contributed by atoms with Crippen molar-refractivity contribution in [2.24, 2.45) is 0 Å². The van der Waals surface area contributed by atoms with Crippen LogP contribution in [0.2, 0.25) is 0 Å². The lowest BCUT2D eigenvalue weighted by atomic mass is 10.0. The van der Waals surface area contributed by atoms with Gasteiger partial charge in [0.05, 0.1) is 25.4 Å². The summed E-state index contributed by atoms with van der Waals surface area (Å²) in [5.74, 6) is -0.0116. The molecule has 0 spiro atoms. The van der Waals surface area contributed by atoms with Crippen molar-refractivity contribution in [1.29, 1.82) is 0 Å². The van der Waals surface area contributed by atoms with Gasteiger partial charge in [-0.2, -0.15) is 0 Å². The summed E-state index contributed by atoms with van der Waals surface area (Å²) in [6, 6.07) is -0.538. The summed E-state index contributed by atoms with van der Waals surface area (Å²) in [7, 11) is 0. The van der Waals surface area contributed by atoms with Gasteiger partial charge in [-0.25, -0.2) is 0 Å². The second kappa shape index (κ2) is 74.5. The van der Waals surface area contributed by atoms with Crippen LogP contribution in [-0.4, -0.2) is 47.4 Å². The van der Waals surface area contributed by atoms with Crippen molar-refractivity contribution in [3.05, 3.63) is 36.5 Å². The van der Waals surface area contributed by atoms with Gasteiger partial charge in [0.1, 0.15) is 0 Å². The van der Waals surface area contributed by atoms with Crippen molar-refractivity contribution in [1.82, 2.24) is 5.32 Å². The smallest absolute Gasteiger partial charge is 0.305 e. The largest absolute Gasteiger partial charge is 0.466 e. The fourth-order valence-corrected chi connectivity index (χ4v) is 12.3. The third-order valence-electron chi connectivity index (χ3n) is 18.2. The lowest BCUT2D eigenvalue weighted by molar-refractivity contribution is -0.143. The lowest BCUT2D eigenvalue weighted by Gasteiger charge is -2.22. The van der Waals surface area contributed by atoms with Gasteiger partial charge in [-0.15, -0.1) is 0 Å². The minimum atomic E-state index is -0.661. The van der Waals surface area contributed by atoms with E-state index >= 15 is 0 Å². The van der Waals surface area contributed by atoms with Crippen LogP contribution >= 0.6 is 0 Å². The number of aliphatic hydroxyl groups is 2. The maximum atomic E-state index is 12.5. The van der Waals surface area contributed by atoms with Gasteiger partial charge >= 0.3 is 5.97 Å². The maximum absolute atomic E-state index is 12.5. The average Bonchev–Trinajstić information content (AvgIpc) is 3.51. The molecule has 6 nitrogen and oxygen atoms in total. The highest BCUT2D eigenvalue weighted by Crippen LogP contribution is 2.19. The van der Waals surface area contributed by atoms with Gasteiger partial charge in [-0.3, -0.25) is 9.59 Å². The van der Waals surface area contributed by atoms with E-state index in [0.29, 0.717) is 25.9 Å². The molecule has 0 rings (SSSR count). The number of rotatable bonds is 73. The first-order valence-corrected chi connectivity index (χ1v) is 38.7. The normalized spacial score (nSPS) is 12.7. The number of allylic oxidation sites excluding steroid dienone is 6. The zero-order chi connectivity index (χ0) is 61.3. The minimum Gasteiger partial charge on any atom is -0.466 e. The van der Waals surface area contributed by atoms with Crippen LogP contribution in [0.25, 0.3) is 0 Å². The third kappa shape index (κ3) is 71.0. The Balaban J connectivity index is 3.32. The molecule has 85 heavy (non-hydrogen) atoms. The molecule has 0 aromatic rings. The van der Waals surface area contributed by atoms with Gasteiger partial charge in [0.15, 0.2) is 0 Å². The number of carbonyl (C=O) groups excluding carboxylic acids is 2. The van der Waals surface area contributed by atoms with E-state index in [-0.39, 0.29) is 18.5 Å². The van der Waals surface area contributed by atoms with E-state index < -0.39 is 12.1 Å². The third-order valence-corrected chi connectivity index (χ3v) is 18.2. The van der Waals surface area contributed by atoms with Gasteiger partial charge < -0.3 is 20.3 Å². The predicted molar refractivity (Wildman–Crippen MR) is 375 cm³/mol. The number of nitrogens with one attached hydrogen (secondary N) is 1. The van der Waals surface area contributed by atoms with Crippen LogP contribution in [0.15, 0.2) is 36.5 Å². The number of aliphatic hydroxyl groups excluding tert-OH is 2. The van der Waals surface area contributed by atoms with Gasteiger partial charge in [-0.05, 0) is 83.5 Å². The molecular formula is C79H151NO5. The monoisotopic (exact) mass is 1190 g/mol. The Kier molecular flexibility index (Phi) is 72.9. The molecular weight excluding hydrogens is 1040 g/mol. The number of amides is 1. The zero-order valence-electron chi connectivity index (χ0n) is 57.6. The molecule has 502 valence electrons. The summed E-state index contributed by atoms with van der Waals surface area (Å²) in [4.78, 5) is 24.6. The molecule has 2 unspecified atom stereocenters. The van der Waals surface area contributed by atoms with Crippen LogP contribution in [0.4, 0.5) is 0 Å². The molecule has 0 aromatic heterocycles. The van der Waals surface area contributed by atoms with E-state index in [1.165, 1.54) is 347 Å². The molecule has 0 fully saturated rings. The van der Waals surface area contributed by atoms with Crippen molar-refractivity contribution >= 4 is 11.9 Å². The first-order valence-electron chi connectivity index (χ1n) is 38.7. The second-order valence-corrected chi connectivity index (χ2v) is 26.7. The molecule has 0 aromatic carbocycles. The van der Waals surface area contributed by atoms with Gasteiger partial charge in [0.25, 0.3) is 0 Å². The Bertz CT molecular complexity index is 1380. The first-order chi connectivity index (χ1) is 42.0. The highest BCUT2D eigenvalue weighted by Gasteiger charge is 2.20. The highest BCUT2D eigenvalue weighted by atomic mass is 16.5. The summed E-state index contributed by atoms with van der Waals surface area (Å²) in [6.07, 6.45) is 96.6. The SMILES string of the molecule is CCCCC/C=C\C/C=C\CCCCCCCCCCCC(=O)OCCCCCCCCCCCCCCCC/C=C\CCCCCCCCCCCCCCCCCCCC(=O)NC(CO)C(O)CCCCCCCCCCCCCCCC. The van der Waals surface area contributed by atoms with E-state index in [1.807, 2.05) is 0 Å². The van der Waals surface area contributed by atoms with Crippen molar-refractivity contribution in [2.75, 3.05) is 13.2 Å². The van der Waals surface area contributed by atoms with E-state index in [4.69, 9.17) is 4.74 Å². The van der Waals surface area contributed by atoms with E-state index in [2.05, 4.69) is 55.6 Å². The summed E-state index contributed by atoms with van der Waals surface area (Å²) < 4.78 is 5.51. The minimum absolute atomic E-state index is 0.0170. The van der Waals surface area contributed by atoms with Crippen LogP contribution in [0.5, 0.6) is 0 Å². The molecule has 0 aliphatic heterocycles. The summed E-state index contributed by atoms with van der Waals surface area (Å²) in [6.45, 7) is 4.96. The molecule has 0 aliphatic rings. The standard InChI is InChI=1S/C79H151NO5/c1-3-5-7-9-11-13-15-17-19-20-38-42-45-49-53-57-61-65-69-73-79(84)85-74-70-66-62-58-54-50-46-43-40-37-35-33-31-29-27-25-23-21-22-24-26-28-30-32-34-36-39-41-44-48-52-56-60-64-68-72-78(83)80-76(75-81)77(82)71-67-63-59-55-51-47-18-16-14-12-10-8-6-4-2/h11,13,17,19,23,25,76-77,81-82H,3-10,12,14-16,18,20-22,24,26-75H2,1-2H3,(H,80,83)/b13-11-,19-17-,25-23-. The molecule has 0 saturated carbocycles. The molecule has 0 heterocycles. The van der Waals surface area contributed by atoms with Crippen molar-refractivity contribution in [2.45, 2.75) is 443 Å². The van der Waals surface area contributed by atoms with Crippen LogP contribution < -0.4 is 5.32 Å². The quantitative estimate of drug-likeness (QED) is 0.0320. The summed E-state index contributed by atoms with van der Waals surface area (Å²) >= 11 is 0. The van der Waals surface area contributed by atoms with Gasteiger partial charge in [0.2, 0.25) is 5.91 Å². The molecule has 6 heteroatoms. The predicted octanol–water partition coefficient (Wildman–Crippen LogP) is 25.4. The van der Waals surface area contributed by atoms with Crippen molar-refractivity contribution < 1.29 is 24.5 Å².